The number of hydrazine groups is 2. The van der Waals surface area contributed by atoms with Gasteiger partial charge >= 0.3 is 6.03 Å². The molecule has 20 heavy (non-hydrogen) atoms. The van der Waals surface area contributed by atoms with Crippen molar-refractivity contribution in [3.63, 3.8) is 0 Å². The molecule has 1 aliphatic heterocycles. The van der Waals surface area contributed by atoms with Crippen LogP contribution in [-0.2, 0) is 4.79 Å². The second kappa shape index (κ2) is 6.89. The average Bonchev–Trinajstić information content (AvgIpc) is 2.96. The van der Waals surface area contributed by atoms with Crippen LogP contribution in [0.5, 0.6) is 0 Å². The van der Waals surface area contributed by atoms with Crippen LogP contribution >= 0.6 is 11.3 Å². The first kappa shape index (κ1) is 14.3. The van der Waals surface area contributed by atoms with Crippen molar-refractivity contribution in [1.29, 1.82) is 0 Å². The summed E-state index contributed by atoms with van der Waals surface area (Å²) < 4.78 is 0. The number of hydrogen-bond acceptors (Lipinski definition) is 7. The molecular formula is C11H14N6O2S. The van der Waals surface area contributed by atoms with Crippen LogP contribution < -0.4 is 16.4 Å². The molecule has 0 saturated heterocycles. The van der Waals surface area contributed by atoms with Gasteiger partial charge in [-0.1, -0.05) is 0 Å². The zero-order valence-corrected chi connectivity index (χ0v) is 11.6. The molecule has 8 nitrogen and oxygen atoms in total. The number of nitrogens with zero attached hydrogens (tertiary/aromatic N) is 3. The van der Waals surface area contributed by atoms with Crippen molar-refractivity contribution in [1.82, 2.24) is 21.4 Å². The summed E-state index contributed by atoms with van der Waals surface area (Å²) in [5.74, 6) is 0. The number of hydrazone groups is 1. The number of aliphatic imine (C=N–C) groups is 1. The monoisotopic (exact) mass is 294 g/mol. The van der Waals surface area contributed by atoms with E-state index in [1.54, 1.807) is 6.92 Å². The first-order valence-electron chi connectivity index (χ1n) is 5.81. The smallest absolute Gasteiger partial charge is 0.299 e. The molecule has 1 aromatic heterocycles. The van der Waals surface area contributed by atoms with E-state index < -0.39 is 12.2 Å². The molecular weight excluding hydrogens is 280 g/mol. The van der Waals surface area contributed by atoms with Crippen LogP contribution in [0.15, 0.2) is 26.9 Å². The van der Waals surface area contributed by atoms with E-state index >= 15 is 0 Å². The van der Waals surface area contributed by atoms with E-state index in [9.17, 15) is 9.59 Å². The Kier molecular flexibility index (Phi) is 4.93. The van der Waals surface area contributed by atoms with Gasteiger partial charge in [-0.15, -0.1) is 0 Å². The highest BCUT2D eigenvalue weighted by Gasteiger charge is 2.21. The molecule has 0 bridgehead atoms. The molecule has 0 aliphatic carbocycles. The Morgan fingerprint density at radius 3 is 3.25 bits per heavy atom. The number of carbonyl (C=O) groups is 2. The maximum absolute atomic E-state index is 11.5. The van der Waals surface area contributed by atoms with Gasteiger partial charge in [0.05, 0.1) is 12.3 Å². The van der Waals surface area contributed by atoms with Crippen molar-refractivity contribution in [2.75, 3.05) is 6.54 Å². The highest BCUT2D eigenvalue weighted by Crippen LogP contribution is 2.02. The molecule has 1 aliphatic rings. The minimum Gasteiger partial charge on any atom is -0.299 e. The van der Waals surface area contributed by atoms with Crippen LogP contribution in [0.2, 0.25) is 0 Å². The Labute approximate surface area is 119 Å². The Hall–Kier alpha value is -2.10. The third-order valence-electron chi connectivity index (χ3n) is 2.43. The fourth-order valence-electron chi connectivity index (χ4n) is 1.47. The van der Waals surface area contributed by atoms with Gasteiger partial charge in [0, 0.05) is 11.8 Å². The summed E-state index contributed by atoms with van der Waals surface area (Å²) >= 11 is 1.52. The van der Waals surface area contributed by atoms with E-state index in [-0.39, 0.29) is 0 Å². The van der Waals surface area contributed by atoms with Crippen molar-refractivity contribution in [3.05, 3.63) is 22.4 Å². The molecule has 3 N–H and O–H groups in total. The standard InChI is InChI=1S/C11H14N6O2S/c1-8-5-17(10(6-18)14-13-8)16-15-11(19)12-4-9-2-3-20-7-9/h2-4,6-7,10,14,16H,5H2,1H3,(H,15,19). The summed E-state index contributed by atoms with van der Waals surface area (Å²) in [6.45, 7) is 2.21. The highest BCUT2D eigenvalue weighted by atomic mass is 32.1. The van der Waals surface area contributed by atoms with Crippen LogP contribution in [0.25, 0.3) is 0 Å². The first-order valence-corrected chi connectivity index (χ1v) is 6.76. The molecule has 0 fully saturated rings. The molecule has 2 amide bonds. The lowest BCUT2D eigenvalue weighted by molar-refractivity contribution is -0.115. The minimum atomic E-state index is -0.639. The van der Waals surface area contributed by atoms with Gasteiger partial charge in [-0.3, -0.25) is 15.6 Å². The summed E-state index contributed by atoms with van der Waals surface area (Å²) in [5, 5.41) is 9.22. The van der Waals surface area contributed by atoms with E-state index in [0.717, 1.165) is 11.3 Å². The Bertz CT molecular complexity index is 527. The van der Waals surface area contributed by atoms with Gasteiger partial charge in [-0.25, -0.2) is 9.79 Å². The predicted octanol–water partition coefficient (Wildman–Crippen LogP) is 0.102. The summed E-state index contributed by atoms with van der Waals surface area (Å²) in [6.07, 6.45) is 1.51. The summed E-state index contributed by atoms with van der Waals surface area (Å²) in [6, 6.07) is 1.30. The van der Waals surface area contributed by atoms with E-state index in [0.29, 0.717) is 12.8 Å². The number of carbonyl (C=O) groups excluding carboxylic acids is 2. The van der Waals surface area contributed by atoms with Gasteiger partial charge in [0.15, 0.2) is 12.5 Å². The maximum atomic E-state index is 11.5. The average molecular weight is 294 g/mol. The molecule has 0 saturated carbocycles. The van der Waals surface area contributed by atoms with Gasteiger partial charge in [-0.05, 0) is 23.8 Å². The fraction of sp³-hybridized carbons (Fsp3) is 0.273. The third-order valence-corrected chi connectivity index (χ3v) is 3.13. The van der Waals surface area contributed by atoms with Crippen LogP contribution in [0.3, 0.4) is 0 Å². The van der Waals surface area contributed by atoms with Crippen molar-refractivity contribution in [2.45, 2.75) is 13.1 Å². The van der Waals surface area contributed by atoms with E-state index in [1.807, 2.05) is 16.8 Å². The number of urea groups is 1. The Morgan fingerprint density at radius 2 is 2.55 bits per heavy atom. The minimum absolute atomic E-state index is 0.408. The highest BCUT2D eigenvalue weighted by molar-refractivity contribution is 7.08. The third kappa shape index (κ3) is 3.95. The second-order valence-electron chi connectivity index (χ2n) is 4.04. The zero-order valence-electron chi connectivity index (χ0n) is 10.7. The molecule has 1 unspecified atom stereocenters. The van der Waals surface area contributed by atoms with Gasteiger partial charge < -0.3 is 0 Å². The molecule has 0 radical (unpaired) electrons. The molecule has 2 rings (SSSR count). The number of nitrogens with one attached hydrogen (secondary N) is 3. The second-order valence-corrected chi connectivity index (χ2v) is 4.82. The van der Waals surface area contributed by atoms with Crippen molar-refractivity contribution < 1.29 is 9.59 Å². The van der Waals surface area contributed by atoms with E-state index in [4.69, 9.17) is 0 Å². The Balaban J connectivity index is 1.83. The summed E-state index contributed by atoms with van der Waals surface area (Å²) in [4.78, 5) is 26.1. The lowest BCUT2D eigenvalue weighted by Gasteiger charge is -2.30. The van der Waals surface area contributed by atoms with Crippen molar-refractivity contribution >= 4 is 35.6 Å². The van der Waals surface area contributed by atoms with Crippen molar-refractivity contribution in [3.8, 4) is 0 Å². The summed E-state index contributed by atoms with van der Waals surface area (Å²) in [5.41, 5.74) is 9.30. The SMILES string of the molecule is CC1=NNC(C=O)N(NNC(=O)N=Cc2ccsc2)C1. The maximum Gasteiger partial charge on any atom is 0.356 e. The molecule has 9 heteroatoms. The lowest BCUT2D eigenvalue weighted by atomic mass is 10.3. The molecule has 2 heterocycles. The number of rotatable bonds is 4. The topological polar surface area (TPSA) is 98.2 Å². The van der Waals surface area contributed by atoms with E-state index in [2.05, 4.69) is 26.5 Å². The normalized spacial score (nSPS) is 19.4. The zero-order chi connectivity index (χ0) is 14.4. The van der Waals surface area contributed by atoms with Gasteiger partial charge in [-0.2, -0.15) is 27.0 Å². The number of amides is 2. The largest absolute Gasteiger partial charge is 0.356 e. The quantitative estimate of drug-likeness (QED) is 0.416. The lowest BCUT2D eigenvalue weighted by Crippen LogP contribution is -2.61. The van der Waals surface area contributed by atoms with Gasteiger partial charge in [0.1, 0.15) is 0 Å². The fourth-order valence-corrected chi connectivity index (χ4v) is 2.08. The molecule has 106 valence electrons. The molecule has 0 aromatic carbocycles. The molecule has 1 aromatic rings. The van der Waals surface area contributed by atoms with Crippen LogP contribution in [0, 0.1) is 0 Å². The molecule has 0 spiro atoms. The number of hydrogen-bond donors (Lipinski definition) is 3. The van der Waals surface area contributed by atoms with Crippen LogP contribution in [-0.4, -0.2) is 42.0 Å². The van der Waals surface area contributed by atoms with Crippen LogP contribution in [0.4, 0.5) is 4.79 Å². The van der Waals surface area contributed by atoms with Crippen molar-refractivity contribution in [2.24, 2.45) is 10.1 Å². The van der Waals surface area contributed by atoms with Gasteiger partial charge in [0.2, 0.25) is 0 Å². The summed E-state index contributed by atoms with van der Waals surface area (Å²) in [7, 11) is 0. The first-order chi connectivity index (χ1) is 9.69. The van der Waals surface area contributed by atoms with Crippen LogP contribution in [0.1, 0.15) is 12.5 Å². The number of thiophene rings is 1. The predicted molar refractivity (Wildman–Crippen MR) is 76.4 cm³/mol. The number of aldehydes is 1. The van der Waals surface area contributed by atoms with E-state index in [1.165, 1.54) is 22.6 Å². The molecule has 1 atom stereocenters. The van der Waals surface area contributed by atoms with Gasteiger partial charge in [0.25, 0.3) is 0 Å². The Morgan fingerprint density at radius 1 is 1.70 bits per heavy atom.